The summed E-state index contributed by atoms with van der Waals surface area (Å²) in [5.41, 5.74) is 0.893. The van der Waals surface area contributed by atoms with E-state index in [9.17, 15) is 15.0 Å². The molecule has 0 saturated heterocycles. The summed E-state index contributed by atoms with van der Waals surface area (Å²) in [6.45, 7) is 4.04. The quantitative estimate of drug-likeness (QED) is 0.558. The van der Waals surface area contributed by atoms with E-state index in [1.54, 1.807) is 24.3 Å². The molecule has 0 bridgehead atoms. The number of hydrogen-bond donors (Lipinski definition) is 3. The highest BCUT2D eigenvalue weighted by molar-refractivity contribution is 6.11. The number of hydrogen-bond acceptors (Lipinski definition) is 4. The molecule has 0 amide bonds. The lowest BCUT2D eigenvalue weighted by atomic mass is 10.0. The van der Waals surface area contributed by atoms with Crippen LogP contribution in [-0.4, -0.2) is 22.0 Å². The highest BCUT2D eigenvalue weighted by atomic mass is 16.3. The first-order valence-electron chi connectivity index (χ1n) is 7.49. The minimum atomic E-state index is -0.273. The summed E-state index contributed by atoms with van der Waals surface area (Å²) in [6, 6.07) is 11.8. The molecule has 0 fully saturated rings. The first kappa shape index (κ1) is 15.9. The molecular formula is C18H21NO3. The molecule has 0 aromatic heterocycles. The fraction of sp³-hybridized carbons (Fsp3) is 0.278. The minimum Gasteiger partial charge on any atom is -0.506 e. The van der Waals surface area contributed by atoms with Gasteiger partial charge in [-0.25, -0.2) is 0 Å². The summed E-state index contributed by atoms with van der Waals surface area (Å²) < 4.78 is 0. The van der Waals surface area contributed by atoms with Gasteiger partial charge in [0, 0.05) is 11.6 Å². The normalized spacial score (nSPS) is 10.7. The van der Waals surface area contributed by atoms with Crippen LogP contribution in [0.4, 0.5) is 5.69 Å². The Labute approximate surface area is 130 Å². The molecule has 2 aromatic rings. The second-order valence-electron chi connectivity index (χ2n) is 5.21. The molecule has 0 aliphatic heterocycles. The number of benzene rings is 2. The number of anilines is 1. The average molecular weight is 299 g/mol. The van der Waals surface area contributed by atoms with Gasteiger partial charge < -0.3 is 15.5 Å². The molecule has 2 rings (SSSR count). The van der Waals surface area contributed by atoms with Gasteiger partial charge in [0.05, 0.1) is 5.56 Å². The Hall–Kier alpha value is -2.49. The zero-order chi connectivity index (χ0) is 16.1. The van der Waals surface area contributed by atoms with E-state index < -0.39 is 0 Å². The summed E-state index contributed by atoms with van der Waals surface area (Å²) in [5.74, 6) is -0.541. The van der Waals surface area contributed by atoms with Gasteiger partial charge in [0.2, 0.25) is 0 Å². The highest BCUT2D eigenvalue weighted by Gasteiger charge is 2.20. The van der Waals surface area contributed by atoms with Gasteiger partial charge in [0.25, 0.3) is 0 Å². The molecule has 0 spiro atoms. The molecule has 2 aromatic carbocycles. The number of nitrogens with one attached hydrogen (secondary N) is 1. The van der Waals surface area contributed by atoms with E-state index in [0.717, 1.165) is 12.8 Å². The van der Waals surface area contributed by atoms with Crippen LogP contribution in [0.3, 0.4) is 0 Å². The second kappa shape index (κ2) is 6.98. The zero-order valence-corrected chi connectivity index (χ0v) is 12.8. The van der Waals surface area contributed by atoms with E-state index >= 15 is 0 Å². The van der Waals surface area contributed by atoms with E-state index in [4.69, 9.17) is 0 Å². The van der Waals surface area contributed by atoms with E-state index in [-0.39, 0.29) is 34.6 Å². The van der Waals surface area contributed by atoms with Crippen molar-refractivity contribution in [3.8, 4) is 11.5 Å². The van der Waals surface area contributed by atoms with Crippen molar-refractivity contribution >= 4 is 11.5 Å². The SMILES string of the molecule is CCC(CC)Nc1c(O)ccc(C(=O)c2ccccc2)c1O. The molecular weight excluding hydrogens is 278 g/mol. The Morgan fingerprint density at radius 2 is 1.68 bits per heavy atom. The Kier molecular flexibility index (Phi) is 5.04. The molecule has 3 N–H and O–H groups in total. The van der Waals surface area contributed by atoms with Crippen molar-refractivity contribution in [2.24, 2.45) is 0 Å². The Balaban J connectivity index is 2.40. The number of ketones is 1. The summed E-state index contributed by atoms with van der Waals surface area (Å²) in [7, 11) is 0. The van der Waals surface area contributed by atoms with Crippen LogP contribution in [0.25, 0.3) is 0 Å². The Morgan fingerprint density at radius 1 is 1.05 bits per heavy atom. The summed E-state index contributed by atoms with van der Waals surface area (Å²) in [4.78, 5) is 12.5. The van der Waals surface area contributed by atoms with Crippen LogP contribution in [0.5, 0.6) is 11.5 Å². The largest absolute Gasteiger partial charge is 0.506 e. The molecule has 116 valence electrons. The number of carbonyl (C=O) groups is 1. The van der Waals surface area contributed by atoms with Crippen LogP contribution < -0.4 is 5.32 Å². The predicted molar refractivity (Wildman–Crippen MR) is 87.6 cm³/mol. The van der Waals surface area contributed by atoms with Gasteiger partial charge in [-0.15, -0.1) is 0 Å². The number of carbonyl (C=O) groups excluding carboxylic acids is 1. The van der Waals surface area contributed by atoms with E-state index in [1.807, 2.05) is 19.9 Å². The first-order chi connectivity index (χ1) is 10.6. The average Bonchev–Trinajstić information content (AvgIpc) is 2.55. The van der Waals surface area contributed by atoms with Gasteiger partial charge in [0.1, 0.15) is 11.4 Å². The van der Waals surface area contributed by atoms with Crippen LogP contribution >= 0.6 is 0 Å². The molecule has 22 heavy (non-hydrogen) atoms. The fourth-order valence-electron chi connectivity index (χ4n) is 2.35. The van der Waals surface area contributed by atoms with Crippen LogP contribution in [0.15, 0.2) is 42.5 Å². The maximum absolute atomic E-state index is 12.5. The van der Waals surface area contributed by atoms with Gasteiger partial charge in [0.15, 0.2) is 11.5 Å². The van der Waals surface area contributed by atoms with Crippen molar-refractivity contribution in [2.45, 2.75) is 32.7 Å². The lowest BCUT2D eigenvalue weighted by molar-refractivity contribution is 0.103. The molecule has 4 heteroatoms. The number of phenolic OH excluding ortho intramolecular Hbond substituents is 2. The monoisotopic (exact) mass is 299 g/mol. The van der Waals surface area contributed by atoms with Gasteiger partial charge in [-0.2, -0.15) is 0 Å². The van der Waals surface area contributed by atoms with Crippen molar-refractivity contribution in [1.82, 2.24) is 0 Å². The fourth-order valence-corrected chi connectivity index (χ4v) is 2.35. The smallest absolute Gasteiger partial charge is 0.196 e. The first-order valence-corrected chi connectivity index (χ1v) is 7.49. The Morgan fingerprint density at radius 3 is 2.27 bits per heavy atom. The minimum absolute atomic E-state index is 0.0611. The lowest BCUT2D eigenvalue weighted by Crippen LogP contribution is -2.17. The third kappa shape index (κ3) is 3.22. The molecule has 0 saturated carbocycles. The standard InChI is InChI=1S/C18H21NO3/c1-3-13(4-2)19-16-15(20)11-10-14(18(16)22)17(21)12-8-6-5-7-9-12/h5-11,13,19-20,22H,3-4H2,1-2H3. The van der Waals surface area contributed by atoms with Gasteiger partial charge in [-0.1, -0.05) is 44.2 Å². The predicted octanol–water partition coefficient (Wildman–Crippen LogP) is 3.93. The number of aromatic hydroxyl groups is 2. The van der Waals surface area contributed by atoms with Gasteiger partial charge in [-0.3, -0.25) is 4.79 Å². The van der Waals surface area contributed by atoms with Crippen molar-refractivity contribution in [2.75, 3.05) is 5.32 Å². The maximum atomic E-state index is 12.5. The number of rotatable bonds is 6. The van der Waals surface area contributed by atoms with Crippen molar-refractivity contribution in [1.29, 1.82) is 0 Å². The second-order valence-corrected chi connectivity index (χ2v) is 5.21. The van der Waals surface area contributed by atoms with Crippen LogP contribution in [0, 0.1) is 0 Å². The van der Waals surface area contributed by atoms with Crippen molar-refractivity contribution < 1.29 is 15.0 Å². The van der Waals surface area contributed by atoms with Crippen molar-refractivity contribution in [3.63, 3.8) is 0 Å². The van der Waals surface area contributed by atoms with Crippen molar-refractivity contribution in [3.05, 3.63) is 53.6 Å². The molecule has 0 atom stereocenters. The molecule has 0 unspecified atom stereocenters. The summed E-state index contributed by atoms with van der Waals surface area (Å²) >= 11 is 0. The maximum Gasteiger partial charge on any atom is 0.196 e. The summed E-state index contributed by atoms with van der Waals surface area (Å²) in [6.07, 6.45) is 1.71. The van der Waals surface area contributed by atoms with Crippen LogP contribution in [0.1, 0.15) is 42.6 Å². The number of phenols is 2. The van der Waals surface area contributed by atoms with Gasteiger partial charge in [-0.05, 0) is 25.0 Å². The topological polar surface area (TPSA) is 69.6 Å². The zero-order valence-electron chi connectivity index (χ0n) is 12.8. The van der Waals surface area contributed by atoms with Crippen LogP contribution in [0.2, 0.25) is 0 Å². The van der Waals surface area contributed by atoms with Crippen LogP contribution in [-0.2, 0) is 0 Å². The third-order valence-corrected chi connectivity index (χ3v) is 3.77. The molecule has 0 radical (unpaired) electrons. The Bertz CT molecular complexity index is 649. The molecule has 0 aliphatic carbocycles. The third-order valence-electron chi connectivity index (χ3n) is 3.77. The van der Waals surface area contributed by atoms with E-state index in [2.05, 4.69) is 5.32 Å². The van der Waals surface area contributed by atoms with E-state index in [0.29, 0.717) is 5.56 Å². The van der Waals surface area contributed by atoms with E-state index in [1.165, 1.54) is 12.1 Å². The lowest BCUT2D eigenvalue weighted by Gasteiger charge is -2.19. The molecule has 4 nitrogen and oxygen atoms in total. The molecule has 0 heterocycles. The summed E-state index contributed by atoms with van der Waals surface area (Å²) in [5, 5.41) is 23.5. The highest BCUT2D eigenvalue weighted by Crippen LogP contribution is 2.37. The molecule has 0 aliphatic rings. The van der Waals surface area contributed by atoms with Gasteiger partial charge >= 0.3 is 0 Å².